The number of halogens is 2. The van der Waals surface area contributed by atoms with Gasteiger partial charge in [-0.1, -0.05) is 6.07 Å². The fourth-order valence-electron chi connectivity index (χ4n) is 2.21. The molecule has 0 spiro atoms. The fourth-order valence-corrected chi connectivity index (χ4v) is 2.21. The molecule has 0 bridgehead atoms. The molecule has 1 heterocycles. The highest BCUT2D eigenvalue weighted by Gasteiger charge is 2.12. The van der Waals surface area contributed by atoms with E-state index in [1.165, 1.54) is 32.4 Å². The number of hydrogen-bond acceptors (Lipinski definition) is 4. The molecule has 8 heteroatoms. The predicted molar refractivity (Wildman–Crippen MR) is 86.5 cm³/mol. The van der Waals surface area contributed by atoms with Gasteiger partial charge in [-0.2, -0.15) is 8.78 Å². The van der Waals surface area contributed by atoms with Gasteiger partial charge < -0.3 is 19.8 Å². The molecule has 1 aromatic heterocycles. The van der Waals surface area contributed by atoms with E-state index in [4.69, 9.17) is 4.74 Å². The van der Waals surface area contributed by atoms with Gasteiger partial charge in [0.2, 0.25) is 0 Å². The van der Waals surface area contributed by atoms with Gasteiger partial charge in [0.05, 0.1) is 7.11 Å². The van der Waals surface area contributed by atoms with Crippen molar-refractivity contribution in [3.8, 4) is 11.5 Å². The molecule has 25 heavy (non-hydrogen) atoms. The summed E-state index contributed by atoms with van der Waals surface area (Å²) in [5.41, 5.74) is 1.52. The van der Waals surface area contributed by atoms with Gasteiger partial charge in [-0.15, -0.1) is 0 Å². The van der Waals surface area contributed by atoms with Gasteiger partial charge in [-0.25, -0.2) is 0 Å². The fraction of sp³-hybridized carbons (Fsp3) is 0.294. The van der Waals surface area contributed by atoms with Crippen LogP contribution in [0.5, 0.6) is 11.5 Å². The molecule has 2 N–H and O–H groups in total. The van der Waals surface area contributed by atoms with E-state index >= 15 is 0 Å². The summed E-state index contributed by atoms with van der Waals surface area (Å²) in [4.78, 5) is 25.9. The van der Waals surface area contributed by atoms with Crippen LogP contribution < -0.4 is 14.8 Å². The van der Waals surface area contributed by atoms with Gasteiger partial charge in [-0.05, 0) is 37.1 Å². The minimum absolute atomic E-state index is 0.0477. The second-order valence-corrected chi connectivity index (χ2v) is 5.23. The van der Waals surface area contributed by atoms with Crippen LogP contribution >= 0.6 is 0 Å². The van der Waals surface area contributed by atoms with Gasteiger partial charge in [-0.3, -0.25) is 9.59 Å². The normalized spacial score (nSPS) is 10.6. The number of benzene rings is 1. The number of amides is 1. The molecule has 134 valence electrons. The van der Waals surface area contributed by atoms with Crippen molar-refractivity contribution in [3.05, 3.63) is 47.3 Å². The highest BCUT2D eigenvalue weighted by atomic mass is 19.3. The van der Waals surface area contributed by atoms with Gasteiger partial charge in [0.15, 0.2) is 17.3 Å². The van der Waals surface area contributed by atoms with Crippen LogP contribution in [-0.4, -0.2) is 36.9 Å². The smallest absolute Gasteiger partial charge is 0.387 e. The van der Waals surface area contributed by atoms with Crippen LogP contribution in [-0.2, 0) is 6.42 Å². The summed E-state index contributed by atoms with van der Waals surface area (Å²) >= 11 is 0. The molecule has 2 aromatic rings. The van der Waals surface area contributed by atoms with Gasteiger partial charge in [0.1, 0.15) is 5.69 Å². The summed E-state index contributed by atoms with van der Waals surface area (Å²) in [5.74, 6) is -0.321. The third kappa shape index (κ3) is 5.03. The van der Waals surface area contributed by atoms with Crippen LogP contribution in [0.2, 0.25) is 0 Å². The Labute approximate surface area is 143 Å². The number of carbonyl (C=O) groups excluding carboxylic acids is 2. The molecular weight excluding hydrogens is 334 g/mol. The molecule has 0 radical (unpaired) electrons. The Kier molecular flexibility index (Phi) is 6.10. The van der Waals surface area contributed by atoms with Crippen LogP contribution in [0.3, 0.4) is 0 Å². The molecule has 0 aliphatic carbocycles. The summed E-state index contributed by atoms with van der Waals surface area (Å²) in [6.07, 6.45) is 1.95. The average molecular weight is 352 g/mol. The second kappa shape index (κ2) is 8.27. The minimum Gasteiger partial charge on any atom is -0.493 e. The van der Waals surface area contributed by atoms with E-state index in [9.17, 15) is 18.4 Å². The van der Waals surface area contributed by atoms with E-state index in [0.717, 1.165) is 5.56 Å². The number of hydrogen-bond donors (Lipinski definition) is 2. The molecule has 0 aliphatic rings. The lowest BCUT2D eigenvalue weighted by Gasteiger charge is -2.11. The number of ether oxygens (including phenoxy) is 2. The largest absolute Gasteiger partial charge is 0.493 e. The van der Waals surface area contributed by atoms with Crippen molar-refractivity contribution in [2.45, 2.75) is 20.0 Å². The third-order valence-electron chi connectivity index (χ3n) is 3.48. The van der Waals surface area contributed by atoms with E-state index in [1.54, 1.807) is 12.1 Å². The maximum atomic E-state index is 12.3. The zero-order valence-corrected chi connectivity index (χ0v) is 13.8. The molecule has 0 saturated carbocycles. The summed E-state index contributed by atoms with van der Waals surface area (Å²) in [5, 5.41) is 2.71. The number of aromatic nitrogens is 1. The molecule has 0 saturated heterocycles. The minimum atomic E-state index is -2.93. The molecule has 0 aliphatic heterocycles. The molecular formula is C17H18F2N2O4. The first-order chi connectivity index (χ1) is 11.9. The maximum absolute atomic E-state index is 12.3. The van der Waals surface area contributed by atoms with E-state index in [0.29, 0.717) is 24.2 Å². The zero-order valence-electron chi connectivity index (χ0n) is 13.8. The van der Waals surface area contributed by atoms with E-state index in [2.05, 4.69) is 15.0 Å². The molecule has 0 unspecified atom stereocenters. The van der Waals surface area contributed by atoms with Gasteiger partial charge >= 0.3 is 6.61 Å². The van der Waals surface area contributed by atoms with Gasteiger partial charge in [0.25, 0.3) is 5.91 Å². The number of nitrogens with one attached hydrogen (secondary N) is 2. The SMILES string of the molecule is COc1cc(CCNC(=O)c2cc(C(C)=O)c[nH]2)ccc1OC(F)F. The van der Waals surface area contributed by atoms with Crippen molar-refractivity contribution in [2.24, 2.45) is 0 Å². The van der Waals surface area contributed by atoms with Crippen LogP contribution in [0, 0.1) is 0 Å². The molecule has 0 atom stereocenters. The van der Waals surface area contributed by atoms with Gasteiger partial charge in [0, 0.05) is 18.3 Å². The number of alkyl halides is 2. The van der Waals surface area contributed by atoms with E-state index in [1.807, 2.05) is 0 Å². The lowest BCUT2D eigenvalue weighted by atomic mass is 10.1. The Morgan fingerprint density at radius 2 is 2.00 bits per heavy atom. The Hall–Kier alpha value is -2.90. The first-order valence-corrected chi connectivity index (χ1v) is 7.50. The van der Waals surface area contributed by atoms with Crippen molar-refractivity contribution < 1.29 is 27.8 Å². The number of aromatic amines is 1. The monoisotopic (exact) mass is 352 g/mol. The van der Waals surface area contributed by atoms with Crippen molar-refractivity contribution in [1.29, 1.82) is 0 Å². The van der Waals surface area contributed by atoms with Crippen LogP contribution in [0.1, 0.15) is 33.3 Å². The summed E-state index contributed by atoms with van der Waals surface area (Å²) in [7, 11) is 1.36. The van der Waals surface area contributed by atoms with E-state index < -0.39 is 6.61 Å². The molecule has 1 aromatic carbocycles. The standard InChI is InChI=1S/C17H18F2N2O4/c1-10(22)12-8-13(21-9-12)16(23)20-6-5-11-3-4-14(25-17(18)19)15(7-11)24-2/h3-4,7-9,17,21H,5-6H2,1-2H3,(H,20,23). The third-order valence-corrected chi connectivity index (χ3v) is 3.48. The Morgan fingerprint density at radius 1 is 1.24 bits per heavy atom. The Bertz CT molecular complexity index is 759. The number of Topliss-reactive ketones (excluding diaryl/α,β-unsaturated/α-hetero) is 1. The van der Waals surface area contributed by atoms with Crippen molar-refractivity contribution in [3.63, 3.8) is 0 Å². The molecule has 2 rings (SSSR count). The summed E-state index contributed by atoms with van der Waals surface area (Å²) < 4.78 is 34.0. The van der Waals surface area contributed by atoms with Crippen LogP contribution in [0.15, 0.2) is 30.5 Å². The average Bonchev–Trinajstić information content (AvgIpc) is 3.06. The number of ketones is 1. The second-order valence-electron chi connectivity index (χ2n) is 5.23. The van der Waals surface area contributed by atoms with Crippen molar-refractivity contribution in [2.75, 3.05) is 13.7 Å². The van der Waals surface area contributed by atoms with Crippen LogP contribution in [0.4, 0.5) is 8.78 Å². The number of rotatable bonds is 8. The summed E-state index contributed by atoms with van der Waals surface area (Å²) in [6.45, 7) is -1.19. The molecule has 0 fully saturated rings. The number of H-pyrrole nitrogens is 1. The lowest BCUT2D eigenvalue weighted by Crippen LogP contribution is -2.25. The highest BCUT2D eigenvalue weighted by Crippen LogP contribution is 2.29. The van der Waals surface area contributed by atoms with Crippen molar-refractivity contribution in [1.82, 2.24) is 10.3 Å². The summed E-state index contributed by atoms with van der Waals surface area (Å²) in [6, 6.07) is 6.07. The molecule has 1 amide bonds. The first-order valence-electron chi connectivity index (χ1n) is 7.50. The van der Waals surface area contributed by atoms with E-state index in [-0.39, 0.29) is 23.2 Å². The Morgan fingerprint density at radius 3 is 2.60 bits per heavy atom. The number of carbonyl (C=O) groups is 2. The first kappa shape index (κ1) is 18.4. The molecule has 6 nitrogen and oxygen atoms in total. The van der Waals surface area contributed by atoms with Crippen molar-refractivity contribution >= 4 is 11.7 Å². The maximum Gasteiger partial charge on any atom is 0.387 e. The lowest BCUT2D eigenvalue weighted by molar-refractivity contribution is -0.0512. The predicted octanol–water partition coefficient (Wildman–Crippen LogP) is 2.80. The zero-order chi connectivity index (χ0) is 18.4. The topological polar surface area (TPSA) is 80.4 Å². The Balaban J connectivity index is 1.92. The highest BCUT2D eigenvalue weighted by molar-refractivity contribution is 5.99. The number of methoxy groups -OCH3 is 1. The van der Waals surface area contributed by atoms with Crippen LogP contribution in [0.25, 0.3) is 0 Å². The quantitative estimate of drug-likeness (QED) is 0.716.